The van der Waals surface area contributed by atoms with Gasteiger partial charge in [-0.3, -0.25) is 0 Å². The number of amides is 2. The zero-order valence-electron chi connectivity index (χ0n) is 9.55. The van der Waals surface area contributed by atoms with E-state index in [-0.39, 0.29) is 6.04 Å². The van der Waals surface area contributed by atoms with Gasteiger partial charge in [0.1, 0.15) is 6.54 Å². The van der Waals surface area contributed by atoms with E-state index in [9.17, 15) is 18.0 Å². The molecular weight excluding hydrogens is 245 g/mol. The van der Waals surface area contributed by atoms with Crippen molar-refractivity contribution in [3.8, 4) is 0 Å². The minimum absolute atomic E-state index is 0.200. The van der Waals surface area contributed by atoms with Crippen molar-refractivity contribution in [3.63, 3.8) is 0 Å². The first kappa shape index (κ1) is 12.7. The number of benzene rings is 1. The predicted octanol–water partition coefficient (Wildman–Crippen LogP) is 2.54. The maximum Gasteiger partial charge on any atom is 0.405 e. The van der Waals surface area contributed by atoms with E-state index in [0.717, 1.165) is 24.0 Å². The monoisotopic (exact) mass is 258 g/mol. The van der Waals surface area contributed by atoms with Crippen LogP contribution in [0.15, 0.2) is 24.3 Å². The summed E-state index contributed by atoms with van der Waals surface area (Å²) >= 11 is 0. The molecule has 0 spiro atoms. The van der Waals surface area contributed by atoms with Gasteiger partial charge in [-0.1, -0.05) is 24.3 Å². The second-order valence-electron chi connectivity index (χ2n) is 4.23. The van der Waals surface area contributed by atoms with Gasteiger partial charge in [0, 0.05) is 0 Å². The van der Waals surface area contributed by atoms with Gasteiger partial charge in [0.25, 0.3) is 0 Å². The van der Waals surface area contributed by atoms with Gasteiger partial charge in [-0.15, -0.1) is 0 Å². The Balaban J connectivity index is 1.90. The number of carbonyl (C=O) groups excluding carboxylic acids is 1. The van der Waals surface area contributed by atoms with Crippen molar-refractivity contribution in [1.82, 2.24) is 10.6 Å². The molecule has 2 amide bonds. The van der Waals surface area contributed by atoms with Crippen LogP contribution in [-0.2, 0) is 6.42 Å². The third-order valence-electron chi connectivity index (χ3n) is 2.89. The molecule has 0 aromatic heterocycles. The average Bonchev–Trinajstić information content (AvgIpc) is 2.70. The molecule has 0 bridgehead atoms. The van der Waals surface area contributed by atoms with Crippen molar-refractivity contribution >= 4 is 6.03 Å². The zero-order valence-corrected chi connectivity index (χ0v) is 9.55. The Labute approximate surface area is 102 Å². The van der Waals surface area contributed by atoms with Gasteiger partial charge in [-0.05, 0) is 24.0 Å². The molecule has 0 aliphatic heterocycles. The number of fused-ring (bicyclic) bond motifs is 1. The van der Waals surface area contributed by atoms with Crippen molar-refractivity contribution in [2.24, 2.45) is 0 Å². The molecule has 6 heteroatoms. The molecule has 1 unspecified atom stereocenters. The summed E-state index contributed by atoms with van der Waals surface area (Å²) in [6.45, 7) is -1.31. The lowest BCUT2D eigenvalue weighted by atomic mass is 10.1. The molecule has 0 saturated heterocycles. The van der Waals surface area contributed by atoms with Crippen LogP contribution >= 0.6 is 0 Å². The second-order valence-corrected chi connectivity index (χ2v) is 4.23. The minimum Gasteiger partial charge on any atom is -0.331 e. The molecule has 2 rings (SSSR count). The highest BCUT2D eigenvalue weighted by Gasteiger charge is 2.29. The van der Waals surface area contributed by atoms with Crippen LogP contribution in [0.25, 0.3) is 0 Å². The highest BCUT2D eigenvalue weighted by molar-refractivity contribution is 5.74. The van der Waals surface area contributed by atoms with Crippen LogP contribution in [0.1, 0.15) is 23.6 Å². The second kappa shape index (κ2) is 4.88. The van der Waals surface area contributed by atoms with E-state index < -0.39 is 18.8 Å². The molecule has 1 aromatic carbocycles. The van der Waals surface area contributed by atoms with Gasteiger partial charge >= 0.3 is 12.2 Å². The normalized spacial score (nSPS) is 18.3. The lowest BCUT2D eigenvalue weighted by Crippen LogP contribution is -2.41. The molecule has 3 nitrogen and oxygen atoms in total. The molecule has 18 heavy (non-hydrogen) atoms. The minimum atomic E-state index is -4.38. The lowest BCUT2D eigenvalue weighted by Gasteiger charge is -2.15. The van der Waals surface area contributed by atoms with Crippen LogP contribution in [0.4, 0.5) is 18.0 Å². The first-order chi connectivity index (χ1) is 8.46. The van der Waals surface area contributed by atoms with E-state index in [1.54, 1.807) is 5.32 Å². The maximum atomic E-state index is 11.9. The molecule has 98 valence electrons. The number of nitrogens with one attached hydrogen (secondary N) is 2. The number of hydrogen-bond donors (Lipinski definition) is 2. The molecule has 0 fully saturated rings. The van der Waals surface area contributed by atoms with Gasteiger partial charge in [0.15, 0.2) is 0 Å². The van der Waals surface area contributed by atoms with E-state index in [1.807, 2.05) is 24.3 Å². The summed E-state index contributed by atoms with van der Waals surface area (Å²) in [5.41, 5.74) is 2.12. The summed E-state index contributed by atoms with van der Waals surface area (Å²) in [7, 11) is 0. The van der Waals surface area contributed by atoms with Crippen molar-refractivity contribution < 1.29 is 18.0 Å². The van der Waals surface area contributed by atoms with Crippen LogP contribution in [0, 0.1) is 0 Å². The van der Waals surface area contributed by atoms with Crippen molar-refractivity contribution in [1.29, 1.82) is 0 Å². The van der Waals surface area contributed by atoms with Crippen LogP contribution in [0.2, 0.25) is 0 Å². The summed E-state index contributed by atoms with van der Waals surface area (Å²) < 4.78 is 35.8. The summed E-state index contributed by atoms with van der Waals surface area (Å²) in [6.07, 6.45) is -2.83. The Morgan fingerprint density at radius 1 is 1.33 bits per heavy atom. The first-order valence-corrected chi connectivity index (χ1v) is 5.64. The Bertz CT molecular complexity index is 445. The van der Waals surface area contributed by atoms with Crippen molar-refractivity contribution in [2.75, 3.05) is 6.54 Å². The number of aryl methyl sites for hydroxylation is 1. The number of halogens is 3. The van der Waals surface area contributed by atoms with Gasteiger partial charge < -0.3 is 10.6 Å². The number of carbonyl (C=O) groups is 1. The molecule has 0 radical (unpaired) electrons. The Hall–Kier alpha value is -1.72. The molecule has 1 atom stereocenters. The number of urea groups is 1. The van der Waals surface area contributed by atoms with Crippen LogP contribution in [-0.4, -0.2) is 18.8 Å². The Morgan fingerprint density at radius 2 is 2.06 bits per heavy atom. The summed E-state index contributed by atoms with van der Waals surface area (Å²) in [5, 5.41) is 4.36. The van der Waals surface area contributed by atoms with Crippen molar-refractivity contribution in [2.45, 2.75) is 25.1 Å². The Morgan fingerprint density at radius 3 is 2.78 bits per heavy atom. The highest BCUT2D eigenvalue weighted by atomic mass is 19.4. The number of hydrogen-bond acceptors (Lipinski definition) is 1. The lowest BCUT2D eigenvalue weighted by molar-refractivity contribution is -0.122. The predicted molar refractivity (Wildman–Crippen MR) is 60.1 cm³/mol. The van der Waals surface area contributed by atoms with E-state index in [4.69, 9.17) is 0 Å². The molecule has 1 aliphatic rings. The standard InChI is InChI=1S/C12H13F3N2O/c13-12(14,15)7-16-11(18)17-10-6-5-8-3-1-2-4-9(8)10/h1-4,10H,5-7H2,(H2,16,17,18). The first-order valence-electron chi connectivity index (χ1n) is 5.64. The topological polar surface area (TPSA) is 41.1 Å². The fraction of sp³-hybridized carbons (Fsp3) is 0.417. The number of alkyl halides is 3. The summed E-state index contributed by atoms with van der Waals surface area (Å²) in [4.78, 5) is 11.3. The maximum absolute atomic E-state index is 11.9. The van der Waals surface area contributed by atoms with Gasteiger partial charge in [-0.25, -0.2) is 4.79 Å². The van der Waals surface area contributed by atoms with Crippen molar-refractivity contribution in [3.05, 3.63) is 35.4 Å². The highest BCUT2D eigenvalue weighted by Crippen LogP contribution is 2.30. The van der Waals surface area contributed by atoms with Gasteiger partial charge in [0.2, 0.25) is 0 Å². The molecule has 0 heterocycles. The summed E-state index contributed by atoms with van der Waals surface area (Å²) in [6, 6.07) is 6.63. The third kappa shape index (κ3) is 3.15. The van der Waals surface area contributed by atoms with Crippen LogP contribution in [0.3, 0.4) is 0 Å². The fourth-order valence-corrected chi connectivity index (χ4v) is 2.10. The van der Waals surface area contributed by atoms with Crippen LogP contribution < -0.4 is 10.6 Å². The zero-order chi connectivity index (χ0) is 13.2. The van der Waals surface area contributed by atoms with E-state index in [2.05, 4.69) is 5.32 Å². The quantitative estimate of drug-likeness (QED) is 0.841. The molecule has 1 aromatic rings. The molecular formula is C12H13F3N2O. The van der Waals surface area contributed by atoms with Gasteiger partial charge in [-0.2, -0.15) is 13.2 Å². The fourth-order valence-electron chi connectivity index (χ4n) is 2.10. The van der Waals surface area contributed by atoms with Gasteiger partial charge in [0.05, 0.1) is 6.04 Å². The van der Waals surface area contributed by atoms with E-state index in [0.29, 0.717) is 0 Å². The largest absolute Gasteiger partial charge is 0.405 e. The molecule has 1 aliphatic carbocycles. The number of rotatable bonds is 2. The third-order valence-corrected chi connectivity index (χ3v) is 2.89. The molecule has 2 N–H and O–H groups in total. The van der Waals surface area contributed by atoms with Crippen LogP contribution in [0.5, 0.6) is 0 Å². The summed E-state index contributed by atoms with van der Waals surface area (Å²) in [5.74, 6) is 0. The smallest absolute Gasteiger partial charge is 0.331 e. The average molecular weight is 258 g/mol. The Kier molecular flexibility index (Phi) is 3.45. The van der Waals surface area contributed by atoms with E-state index in [1.165, 1.54) is 0 Å². The molecule has 0 saturated carbocycles. The van der Waals surface area contributed by atoms with E-state index >= 15 is 0 Å². The SMILES string of the molecule is O=C(NCC(F)(F)F)NC1CCc2ccccc21.